The number of amides is 1. The Kier molecular flexibility index (Phi) is 6.37. The Morgan fingerprint density at radius 2 is 1.83 bits per heavy atom. The molecule has 2 aromatic carbocycles. The normalized spacial score (nSPS) is 11.1. The first kappa shape index (κ1) is 21.3. The van der Waals surface area contributed by atoms with Crippen LogP contribution in [0.15, 0.2) is 52.9 Å². The number of halogens is 1. The summed E-state index contributed by atoms with van der Waals surface area (Å²) in [6, 6.07) is 13.2. The van der Waals surface area contributed by atoms with Crippen LogP contribution in [0.4, 0.5) is 10.5 Å². The Balaban J connectivity index is 1.59. The second kappa shape index (κ2) is 8.96. The summed E-state index contributed by atoms with van der Waals surface area (Å²) in [5.41, 5.74) is 0.725. The predicted octanol–water partition coefficient (Wildman–Crippen LogP) is 5.09. The van der Waals surface area contributed by atoms with E-state index < -0.39 is 17.7 Å². The van der Waals surface area contributed by atoms with E-state index in [0.29, 0.717) is 22.2 Å². The molecule has 8 nitrogen and oxygen atoms in total. The lowest BCUT2D eigenvalue weighted by atomic mass is 10.2. The third kappa shape index (κ3) is 6.05. The molecule has 0 aliphatic rings. The number of esters is 1. The standard InChI is InChI=1S/C21H20ClN3O5/c1-21(2,3)30-20(27)23-16-6-4-5-14(11-16)19(26)28-12-17-24-25-18(29-17)13-7-9-15(22)10-8-13/h4-11H,12H2,1-3H3,(H,23,27). The third-order valence-corrected chi connectivity index (χ3v) is 3.88. The number of benzene rings is 2. The minimum absolute atomic E-state index is 0.149. The summed E-state index contributed by atoms with van der Waals surface area (Å²) in [6.45, 7) is 5.09. The van der Waals surface area contributed by atoms with Crippen molar-refractivity contribution in [2.24, 2.45) is 0 Å². The summed E-state index contributed by atoms with van der Waals surface area (Å²) in [6.07, 6.45) is -0.617. The largest absolute Gasteiger partial charge is 0.452 e. The Morgan fingerprint density at radius 1 is 1.10 bits per heavy atom. The lowest BCUT2D eigenvalue weighted by molar-refractivity contribution is 0.0438. The molecule has 30 heavy (non-hydrogen) atoms. The van der Waals surface area contributed by atoms with Gasteiger partial charge in [-0.1, -0.05) is 17.7 Å². The zero-order chi connectivity index (χ0) is 21.7. The first-order chi connectivity index (χ1) is 14.2. The zero-order valence-corrected chi connectivity index (χ0v) is 17.4. The van der Waals surface area contributed by atoms with Crippen LogP contribution in [0.5, 0.6) is 0 Å². The fraction of sp³-hybridized carbons (Fsp3) is 0.238. The highest BCUT2D eigenvalue weighted by atomic mass is 35.5. The van der Waals surface area contributed by atoms with Gasteiger partial charge in [-0.05, 0) is 63.2 Å². The number of nitrogens with one attached hydrogen (secondary N) is 1. The molecule has 1 N–H and O–H groups in total. The van der Waals surface area contributed by atoms with Gasteiger partial charge in [-0.25, -0.2) is 9.59 Å². The molecular weight excluding hydrogens is 410 g/mol. The van der Waals surface area contributed by atoms with Gasteiger partial charge >= 0.3 is 12.1 Å². The summed E-state index contributed by atoms with van der Waals surface area (Å²) in [7, 11) is 0. The van der Waals surface area contributed by atoms with E-state index in [1.54, 1.807) is 63.2 Å². The van der Waals surface area contributed by atoms with E-state index in [1.807, 2.05) is 0 Å². The van der Waals surface area contributed by atoms with Gasteiger partial charge < -0.3 is 13.9 Å². The number of anilines is 1. The highest BCUT2D eigenvalue weighted by Gasteiger charge is 2.17. The van der Waals surface area contributed by atoms with E-state index in [2.05, 4.69) is 15.5 Å². The molecule has 0 aliphatic heterocycles. The minimum Gasteiger partial charge on any atom is -0.452 e. The van der Waals surface area contributed by atoms with Crippen LogP contribution in [-0.2, 0) is 16.1 Å². The molecular formula is C21H20ClN3O5. The predicted molar refractivity (Wildman–Crippen MR) is 110 cm³/mol. The minimum atomic E-state index is -0.629. The van der Waals surface area contributed by atoms with Gasteiger partial charge in [0, 0.05) is 16.3 Å². The molecule has 1 heterocycles. The number of carbonyl (C=O) groups is 2. The molecule has 3 aromatic rings. The van der Waals surface area contributed by atoms with Crippen LogP contribution in [0.3, 0.4) is 0 Å². The Morgan fingerprint density at radius 3 is 2.53 bits per heavy atom. The number of ether oxygens (including phenoxy) is 2. The molecule has 1 aromatic heterocycles. The molecule has 0 radical (unpaired) electrons. The van der Waals surface area contributed by atoms with Crippen LogP contribution in [0.2, 0.25) is 5.02 Å². The van der Waals surface area contributed by atoms with Crippen molar-refractivity contribution in [1.82, 2.24) is 10.2 Å². The topological polar surface area (TPSA) is 104 Å². The van der Waals surface area contributed by atoms with Crippen molar-refractivity contribution in [3.8, 4) is 11.5 Å². The van der Waals surface area contributed by atoms with Gasteiger partial charge in [0.15, 0.2) is 6.61 Å². The van der Waals surface area contributed by atoms with E-state index in [1.165, 1.54) is 6.07 Å². The van der Waals surface area contributed by atoms with Gasteiger partial charge in [-0.3, -0.25) is 5.32 Å². The number of aromatic nitrogens is 2. The van der Waals surface area contributed by atoms with E-state index in [9.17, 15) is 9.59 Å². The highest BCUT2D eigenvalue weighted by molar-refractivity contribution is 6.30. The Labute approximate surface area is 178 Å². The smallest absolute Gasteiger partial charge is 0.412 e. The first-order valence-corrected chi connectivity index (χ1v) is 9.43. The number of nitrogens with zero attached hydrogens (tertiary/aromatic N) is 2. The molecule has 0 saturated heterocycles. The molecule has 0 saturated carbocycles. The van der Waals surface area contributed by atoms with Gasteiger partial charge in [0.1, 0.15) is 5.60 Å². The van der Waals surface area contributed by atoms with E-state index in [4.69, 9.17) is 25.5 Å². The van der Waals surface area contributed by atoms with Crippen molar-refractivity contribution in [2.45, 2.75) is 33.0 Å². The fourth-order valence-corrected chi connectivity index (χ4v) is 2.50. The molecule has 0 unspecified atom stereocenters. The van der Waals surface area contributed by atoms with Gasteiger partial charge in [-0.15, -0.1) is 10.2 Å². The molecule has 3 rings (SSSR count). The SMILES string of the molecule is CC(C)(C)OC(=O)Nc1cccc(C(=O)OCc2nnc(-c3ccc(Cl)cc3)o2)c1. The number of hydrogen-bond donors (Lipinski definition) is 1. The van der Waals surface area contributed by atoms with Crippen LogP contribution in [0.1, 0.15) is 37.0 Å². The Bertz CT molecular complexity index is 1040. The van der Waals surface area contributed by atoms with E-state index in [-0.39, 0.29) is 18.1 Å². The fourth-order valence-electron chi connectivity index (χ4n) is 2.38. The lowest BCUT2D eigenvalue weighted by Crippen LogP contribution is -2.27. The number of rotatable bonds is 5. The van der Waals surface area contributed by atoms with Crippen molar-refractivity contribution >= 4 is 29.4 Å². The molecule has 9 heteroatoms. The average molecular weight is 430 g/mol. The molecule has 156 valence electrons. The van der Waals surface area contributed by atoms with Crippen molar-refractivity contribution in [1.29, 1.82) is 0 Å². The summed E-state index contributed by atoms with van der Waals surface area (Å²) in [5.74, 6) is -0.160. The number of carbonyl (C=O) groups excluding carboxylic acids is 2. The van der Waals surface area contributed by atoms with Gasteiger partial charge in [0.05, 0.1) is 5.56 Å². The van der Waals surface area contributed by atoms with Crippen molar-refractivity contribution in [3.63, 3.8) is 0 Å². The number of hydrogen-bond acceptors (Lipinski definition) is 7. The van der Waals surface area contributed by atoms with Crippen LogP contribution in [0, 0.1) is 0 Å². The second-order valence-electron chi connectivity index (χ2n) is 7.29. The van der Waals surface area contributed by atoms with E-state index in [0.717, 1.165) is 0 Å². The maximum absolute atomic E-state index is 12.3. The molecule has 0 fully saturated rings. The van der Waals surface area contributed by atoms with Gasteiger partial charge in [-0.2, -0.15) is 0 Å². The maximum Gasteiger partial charge on any atom is 0.412 e. The van der Waals surface area contributed by atoms with Crippen LogP contribution >= 0.6 is 11.6 Å². The van der Waals surface area contributed by atoms with E-state index >= 15 is 0 Å². The van der Waals surface area contributed by atoms with Gasteiger partial charge in [0.2, 0.25) is 5.89 Å². The third-order valence-electron chi connectivity index (χ3n) is 3.63. The molecule has 0 spiro atoms. The summed E-state index contributed by atoms with van der Waals surface area (Å²) < 4.78 is 15.9. The lowest BCUT2D eigenvalue weighted by Gasteiger charge is -2.19. The average Bonchev–Trinajstić information content (AvgIpc) is 3.14. The molecule has 0 atom stereocenters. The second-order valence-corrected chi connectivity index (χ2v) is 7.73. The summed E-state index contributed by atoms with van der Waals surface area (Å²) in [4.78, 5) is 24.2. The van der Waals surface area contributed by atoms with Crippen molar-refractivity contribution in [2.75, 3.05) is 5.32 Å². The van der Waals surface area contributed by atoms with Crippen LogP contribution in [-0.4, -0.2) is 27.9 Å². The van der Waals surface area contributed by atoms with Crippen molar-refractivity contribution < 1.29 is 23.5 Å². The first-order valence-electron chi connectivity index (χ1n) is 9.05. The summed E-state index contributed by atoms with van der Waals surface area (Å²) >= 11 is 5.86. The maximum atomic E-state index is 12.3. The Hall–Kier alpha value is -3.39. The monoisotopic (exact) mass is 429 g/mol. The molecule has 1 amide bonds. The van der Waals surface area contributed by atoms with Crippen LogP contribution < -0.4 is 5.32 Å². The highest BCUT2D eigenvalue weighted by Crippen LogP contribution is 2.21. The summed E-state index contributed by atoms with van der Waals surface area (Å²) in [5, 5.41) is 11.0. The van der Waals surface area contributed by atoms with Crippen LogP contribution in [0.25, 0.3) is 11.5 Å². The zero-order valence-electron chi connectivity index (χ0n) is 16.6. The molecule has 0 bridgehead atoms. The van der Waals surface area contributed by atoms with Gasteiger partial charge in [0.25, 0.3) is 5.89 Å². The molecule has 0 aliphatic carbocycles. The quantitative estimate of drug-likeness (QED) is 0.563. The van der Waals surface area contributed by atoms with Crippen molar-refractivity contribution in [3.05, 3.63) is 65.0 Å².